The van der Waals surface area contributed by atoms with E-state index >= 15 is 0 Å². The predicted octanol–water partition coefficient (Wildman–Crippen LogP) is 1.76. The first-order chi connectivity index (χ1) is 4.95. The molecule has 0 unspecified atom stereocenters. The van der Waals surface area contributed by atoms with Crippen LogP contribution in [0.15, 0.2) is 12.2 Å². The first-order valence-corrected chi connectivity index (χ1v) is 3.19. The standard InChI is InChI=1S/C7H10F2O2/c1-3-11-6(10)4-5-7(2,8)9/h4-5H,3H2,1-2H3/b5-4+. The van der Waals surface area contributed by atoms with Crippen molar-refractivity contribution in [2.24, 2.45) is 0 Å². The van der Waals surface area contributed by atoms with Crippen LogP contribution in [0.5, 0.6) is 0 Å². The van der Waals surface area contributed by atoms with E-state index in [-0.39, 0.29) is 6.61 Å². The summed E-state index contributed by atoms with van der Waals surface area (Å²) in [7, 11) is 0. The molecule has 2 nitrogen and oxygen atoms in total. The molecule has 0 radical (unpaired) electrons. The van der Waals surface area contributed by atoms with Gasteiger partial charge in [0.25, 0.3) is 5.92 Å². The summed E-state index contributed by atoms with van der Waals surface area (Å²) in [5.74, 6) is -3.69. The van der Waals surface area contributed by atoms with Crippen molar-refractivity contribution in [3.63, 3.8) is 0 Å². The Morgan fingerprint density at radius 3 is 2.55 bits per heavy atom. The average Bonchev–Trinajstić information content (AvgIpc) is 1.83. The molecular formula is C7H10F2O2. The van der Waals surface area contributed by atoms with Gasteiger partial charge >= 0.3 is 5.97 Å². The van der Waals surface area contributed by atoms with Gasteiger partial charge in [-0.05, 0) is 13.0 Å². The molecule has 0 spiro atoms. The van der Waals surface area contributed by atoms with E-state index in [0.717, 1.165) is 6.08 Å². The van der Waals surface area contributed by atoms with E-state index in [9.17, 15) is 13.6 Å². The third-order valence-corrected chi connectivity index (χ3v) is 0.799. The van der Waals surface area contributed by atoms with Crippen molar-refractivity contribution in [1.29, 1.82) is 0 Å². The van der Waals surface area contributed by atoms with Gasteiger partial charge in [0.15, 0.2) is 0 Å². The molecule has 11 heavy (non-hydrogen) atoms. The lowest BCUT2D eigenvalue weighted by molar-refractivity contribution is -0.137. The van der Waals surface area contributed by atoms with Crippen LogP contribution in [-0.2, 0) is 9.53 Å². The molecule has 0 aromatic heterocycles. The summed E-state index contributed by atoms with van der Waals surface area (Å²) in [6, 6.07) is 0. The third-order valence-electron chi connectivity index (χ3n) is 0.799. The minimum absolute atomic E-state index is 0.193. The van der Waals surface area contributed by atoms with E-state index in [1.807, 2.05) is 0 Å². The molecule has 0 atom stereocenters. The van der Waals surface area contributed by atoms with Gasteiger partial charge in [-0.1, -0.05) is 0 Å². The Bertz CT molecular complexity index is 158. The maximum atomic E-state index is 12.0. The van der Waals surface area contributed by atoms with Crippen LogP contribution in [0.1, 0.15) is 13.8 Å². The zero-order valence-electron chi connectivity index (χ0n) is 6.43. The molecule has 0 heterocycles. The molecule has 0 rings (SSSR count). The fourth-order valence-electron chi connectivity index (χ4n) is 0.405. The van der Waals surface area contributed by atoms with E-state index in [1.54, 1.807) is 6.92 Å². The second-order valence-corrected chi connectivity index (χ2v) is 2.04. The fourth-order valence-corrected chi connectivity index (χ4v) is 0.405. The van der Waals surface area contributed by atoms with E-state index in [1.165, 1.54) is 0 Å². The number of allylic oxidation sites excluding steroid dienone is 1. The highest BCUT2D eigenvalue weighted by molar-refractivity contribution is 5.82. The Morgan fingerprint density at radius 2 is 2.18 bits per heavy atom. The SMILES string of the molecule is CCOC(=O)/C=C/C(C)(F)F. The number of alkyl halides is 2. The molecule has 0 aromatic carbocycles. The lowest BCUT2D eigenvalue weighted by Crippen LogP contribution is -2.06. The zero-order chi connectivity index (χ0) is 8.91. The fraction of sp³-hybridized carbons (Fsp3) is 0.571. The number of carbonyl (C=O) groups is 1. The van der Waals surface area contributed by atoms with Gasteiger partial charge in [-0.25, -0.2) is 13.6 Å². The van der Waals surface area contributed by atoms with E-state index in [0.29, 0.717) is 13.0 Å². The number of rotatable bonds is 3. The summed E-state index contributed by atoms with van der Waals surface area (Å²) >= 11 is 0. The van der Waals surface area contributed by atoms with Crippen LogP contribution < -0.4 is 0 Å². The second-order valence-electron chi connectivity index (χ2n) is 2.04. The molecule has 0 aliphatic rings. The molecule has 0 N–H and O–H groups in total. The van der Waals surface area contributed by atoms with Gasteiger partial charge in [-0.15, -0.1) is 0 Å². The van der Waals surface area contributed by atoms with Crippen LogP contribution in [-0.4, -0.2) is 18.5 Å². The minimum atomic E-state index is -2.95. The summed E-state index contributed by atoms with van der Waals surface area (Å²) in [6.07, 6.45) is 1.23. The molecule has 0 aromatic rings. The summed E-state index contributed by atoms with van der Waals surface area (Å²) in [5.41, 5.74) is 0. The minimum Gasteiger partial charge on any atom is -0.463 e. The van der Waals surface area contributed by atoms with Crippen LogP contribution in [0, 0.1) is 0 Å². The molecule has 64 valence electrons. The van der Waals surface area contributed by atoms with Crippen LogP contribution in [0.25, 0.3) is 0 Å². The molecule has 0 aliphatic heterocycles. The van der Waals surface area contributed by atoms with Gasteiger partial charge in [0.1, 0.15) is 0 Å². The van der Waals surface area contributed by atoms with E-state index in [4.69, 9.17) is 0 Å². The highest BCUT2D eigenvalue weighted by Gasteiger charge is 2.15. The van der Waals surface area contributed by atoms with Crippen LogP contribution in [0.3, 0.4) is 0 Å². The summed E-state index contributed by atoms with van der Waals surface area (Å²) in [5, 5.41) is 0. The predicted molar refractivity (Wildman–Crippen MR) is 36.4 cm³/mol. The lowest BCUT2D eigenvalue weighted by atomic mass is 10.3. The lowest BCUT2D eigenvalue weighted by Gasteiger charge is -2.01. The van der Waals surface area contributed by atoms with Gasteiger partial charge in [-0.3, -0.25) is 0 Å². The molecule has 0 bridgehead atoms. The van der Waals surface area contributed by atoms with Crippen molar-refractivity contribution in [3.8, 4) is 0 Å². The Balaban J connectivity index is 3.83. The molecule has 0 aliphatic carbocycles. The molecule has 0 saturated heterocycles. The van der Waals surface area contributed by atoms with Crippen molar-refractivity contribution in [1.82, 2.24) is 0 Å². The molecule has 4 heteroatoms. The number of ether oxygens (including phenoxy) is 1. The Hall–Kier alpha value is -0.930. The van der Waals surface area contributed by atoms with Crippen LogP contribution in [0.2, 0.25) is 0 Å². The van der Waals surface area contributed by atoms with Gasteiger partial charge in [0.05, 0.1) is 6.61 Å². The number of hydrogen-bond donors (Lipinski definition) is 0. The summed E-state index contributed by atoms with van der Waals surface area (Å²) in [4.78, 5) is 10.4. The van der Waals surface area contributed by atoms with Crippen molar-refractivity contribution in [2.45, 2.75) is 19.8 Å². The third kappa shape index (κ3) is 6.96. The largest absolute Gasteiger partial charge is 0.463 e. The monoisotopic (exact) mass is 164 g/mol. The number of halogens is 2. The summed E-state index contributed by atoms with van der Waals surface area (Å²) in [6.45, 7) is 2.50. The zero-order valence-corrected chi connectivity index (χ0v) is 6.43. The molecular weight excluding hydrogens is 154 g/mol. The van der Waals surface area contributed by atoms with E-state index in [2.05, 4.69) is 4.74 Å². The average molecular weight is 164 g/mol. The Morgan fingerprint density at radius 1 is 1.64 bits per heavy atom. The number of esters is 1. The topological polar surface area (TPSA) is 26.3 Å². The highest BCUT2D eigenvalue weighted by Crippen LogP contribution is 2.12. The van der Waals surface area contributed by atoms with Crippen molar-refractivity contribution in [2.75, 3.05) is 6.61 Å². The Labute approximate surface area is 63.8 Å². The van der Waals surface area contributed by atoms with E-state index < -0.39 is 11.9 Å². The second kappa shape index (κ2) is 4.05. The molecule has 0 amide bonds. The maximum absolute atomic E-state index is 12.0. The van der Waals surface area contributed by atoms with Crippen molar-refractivity contribution >= 4 is 5.97 Å². The number of carbonyl (C=O) groups excluding carboxylic acids is 1. The quantitative estimate of drug-likeness (QED) is 0.469. The van der Waals surface area contributed by atoms with Crippen molar-refractivity contribution in [3.05, 3.63) is 12.2 Å². The summed E-state index contributed by atoms with van der Waals surface area (Å²) < 4.78 is 28.4. The highest BCUT2D eigenvalue weighted by atomic mass is 19.3. The number of hydrogen-bond acceptors (Lipinski definition) is 2. The van der Waals surface area contributed by atoms with Gasteiger partial charge in [0, 0.05) is 13.0 Å². The first-order valence-electron chi connectivity index (χ1n) is 3.19. The smallest absolute Gasteiger partial charge is 0.330 e. The Kier molecular flexibility index (Phi) is 3.71. The van der Waals surface area contributed by atoms with Crippen molar-refractivity contribution < 1.29 is 18.3 Å². The normalized spacial score (nSPS) is 12.0. The van der Waals surface area contributed by atoms with Gasteiger partial charge in [-0.2, -0.15) is 0 Å². The van der Waals surface area contributed by atoms with Gasteiger partial charge < -0.3 is 4.74 Å². The van der Waals surface area contributed by atoms with Gasteiger partial charge in [0.2, 0.25) is 0 Å². The first kappa shape index (κ1) is 10.1. The maximum Gasteiger partial charge on any atom is 0.330 e. The van der Waals surface area contributed by atoms with Crippen LogP contribution >= 0.6 is 0 Å². The molecule has 0 fully saturated rings. The van der Waals surface area contributed by atoms with Crippen LogP contribution in [0.4, 0.5) is 8.78 Å². The molecule has 0 saturated carbocycles.